The first-order valence-corrected chi connectivity index (χ1v) is 6.33. The van der Waals surface area contributed by atoms with Gasteiger partial charge < -0.3 is 5.32 Å². The summed E-state index contributed by atoms with van der Waals surface area (Å²) in [5.74, 6) is -2.87. The third-order valence-corrected chi connectivity index (χ3v) is 3.38. The van der Waals surface area contributed by atoms with Gasteiger partial charge in [-0.05, 0) is 12.5 Å². The van der Waals surface area contributed by atoms with E-state index in [1.165, 1.54) is 0 Å². The standard InChI is InChI=1S/C14H17F3N2.2ClH/c1-2-3-14(19-6-4-18-5-7-19)10-8-12(16)13(17)9-11(10)15;;/h2,8-9,14,18H,1,3-7H2;2*1H/t14-;;/m1../s1. The molecular formula is C14H19Cl2F3N2. The molecule has 2 rings (SSSR count). The van der Waals surface area contributed by atoms with Crippen molar-refractivity contribution in [2.24, 2.45) is 0 Å². The average Bonchev–Trinajstić information content (AvgIpc) is 2.42. The van der Waals surface area contributed by atoms with Crippen LogP contribution < -0.4 is 5.32 Å². The minimum Gasteiger partial charge on any atom is -0.314 e. The lowest BCUT2D eigenvalue weighted by Gasteiger charge is -2.35. The maximum absolute atomic E-state index is 13.9. The molecule has 0 bridgehead atoms. The van der Waals surface area contributed by atoms with Gasteiger partial charge >= 0.3 is 0 Å². The first-order chi connectivity index (χ1) is 9.13. The summed E-state index contributed by atoms with van der Waals surface area (Å²) >= 11 is 0. The smallest absolute Gasteiger partial charge is 0.161 e. The molecule has 0 aromatic heterocycles. The van der Waals surface area contributed by atoms with E-state index in [1.54, 1.807) is 6.08 Å². The van der Waals surface area contributed by atoms with Crippen LogP contribution in [0.25, 0.3) is 0 Å². The Morgan fingerprint density at radius 1 is 1.10 bits per heavy atom. The summed E-state index contributed by atoms with van der Waals surface area (Å²) in [5.41, 5.74) is 0.195. The van der Waals surface area contributed by atoms with Gasteiger partial charge in [-0.2, -0.15) is 0 Å². The largest absolute Gasteiger partial charge is 0.314 e. The Bertz CT molecular complexity index is 466. The number of nitrogens with one attached hydrogen (secondary N) is 1. The number of piperazine rings is 1. The first kappa shape index (κ1) is 20.2. The minimum absolute atomic E-state index is 0. The summed E-state index contributed by atoms with van der Waals surface area (Å²) in [4.78, 5) is 2.06. The molecule has 0 unspecified atom stereocenters. The van der Waals surface area contributed by atoms with E-state index in [4.69, 9.17) is 0 Å². The molecule has 0 spiro atoms. The van der Waals surface area contributed by atoms with Crippen molar-refractivity contribution in [2.75, 3.05) is 26.2 Å². The number of hydrogen-bond donors (Lipinski definition) is 1. The second-order valence-electron chi connectivity index (χ2n) is 4.61. The molecule has 1 aromatic carbocycles. The zero-order chi connectivity index (χ0) is 13.8. The average molecular weight is 343 g/mol. The van der Waals surface area contributed by atoms with Gasteiger partial charge in [0.2, 0.25) is 0 Å². The fourth-order valence-corrected chi connectivity index (χ4v) is 2.42. The monoisotopic (exact) mass is 342 g/mol. The van der Waals surface area contributed by atoms with Crippen LogP contribution in [0.15, 0.2) is 24.8 Å². The second-order valence-corrected chi connectivity index (χ2v) is 4.61. The van der Waals surface area contributed by atoms with E-state index in [-0.39, 0.29) is 36.4 Å². The van der Waals surface area contributed by atoms with Crippen molar-refractivity contribution in [1.29, 1.82) is 0 Å². The summed E-state index contributed by atoms with van der Waals surface area (Å²) in [6.07, 6.45) is 2.18. The number of halogens is 5. The van der Waals surface area contributed by atoms with E-state index in [2.05, 4.69) is 16.8 Å². The van der Waals surface area contributed by atoms with Crippen LogP contribution in [-0.2, 0) is 0 Å². The molecule has 1 fully saturated rings. The SMILES string of the molecule is C=CC[C@H](c1cc(F)c(F)cc1F)N1CCNCC1.Cl.Cl. The normalized spacial score (nSPS) is 16.5. The van der Waals surface area contributed by atoms with Gasteiger partial charge in [-0.25, -0.2) is 13.2 Å². The molecule has 1 aromatic rings. The predicted octanol–water partition coefficient (Wildman–Crippen LogP) is 3.47. The third-order valence-electron chi connectivity index (χ3n) is 3.38. The van der Waals surface area contributed by atoms with Gasteiger partial charge in [0, 0.05) is 43.9 Å². The van der Waals surface area contributed by atoms with Gasteiger partial charge in [-0.1, -0.05) is 6.08 Å². The van der Waals surface area contributed by atoms with Crippen LogP contribution in [0.1, 0.15) is 18.0 Å². The van der Waals surface area contributed by atoms with Crippen LogP contribution in [0.2, 0.25) is 0 Å². The summed E-state index contributed by atoms with van der Waals surface area (Å²) in [7, 11) is 0. The number of rotatable bonds is 4. The highest BCUT2D eigenvalue weighted by Crippen LogP contribution is 2.28. The van der Waals surface area contributed by atoms with Crippen molar-refractivity contribution < 1.29 is 13.2 Å². The zero-order valence-electron chi connectivity index (χ0n) is 11.4. The molecule has 1 atom stereocenters. The molecule has 1 aliphatic rings. The van der Waals surface area contributed by atoms with Crippen molar-refractivity contribution in [2.45, 2.75) is 12.5 Å². The molecule has 120 valence electrons. The first-order valence-electron chi connectivity index (χ1n) is 6.33. The van der Waals surface area contributed by atoms with Crippen LogP contribution in [0.3, 0.4) is 0 Å². The highest BCUT2D eigenvalue weighted by atomic mass is 35.5. The van der Waals surface area contributed by atoms with E-state index in [0.29, 0.717) is 12.5 Å². The molecule has 0 radical (unpaired) electrons. The Morgan fingerprint density at radius 3 is 2.24 bits per heavy atom. The Balaban J connectivity index is 0.00000200. The van der Waals surface area contributed by atoms with Crippen molar-refractivity contribution >= 4 is 24.8 Å². The predicted molar refractivity (Wildman–Crippen MR) is 82.8 cm³/mol. The minimum atomic E-state index is -1.15. The molecule has 1 aliphatic heterocycles. The lowest BCUT2D eigenvalue weighted by Crippen LogP contribution is -2.45. The maximum atomic E-state index is 13.9. The molecule has 0 saturated carbocycles. The van der Waals surface area contributed by atoms with Crippen LogP contribution in [0.5, 0.6) is 0 Å². The molecule has 21 heavy (non-hydrogen) atoms. The molecule has 2 nitrogen and oxygen atoms in total. The topological polar surface area (TPSA) is 15.3 Å². The lowest BCUT2D eigenvalue weighted by atomic mass is 10.00. The van der Waals surface area contributed by atoms with E-state index >= 15 is 0 Å². The van der Waals surface area contributed by atoms with Crippen molar-refractivity contribution in [3.63, 3.8) is 0 Å². The van der Waals surface area contributed by atoms with Gasteiger partial charge in [0.15, 0.2) is 11.6 Å². The third kappa shape index (κ3) is 4.88. The summed E-state index contributed by atoms with van der Waals surface area (Å²) in [6.45, 7) is 6.76. The van der Waals surface area contributed by atoms with E-state index in [0.717, 1.165) is 32.2 Å². The summed E-state index contributed by atoms with van der Waals surface area (Å²) in [6, 6.07) is 1.28. The van der Waals surface area contributed by atoms with Crippen LogP contribution >= 0.6 is 24.8 Å². The van der Waals surface area contributed by atoms with Crippen LogP contribution in [0.4, 0.5) is 13.2 Å². The van der Waals surface area contributed by atoms with Gasteiger partial charge in [-0.15, -0.1) is 31.4 Å². The van der Waals surface area contributed by atoms with Gasteiger partial charge in [-0.3, -0.25) is 4.90 Å². The van der Waals surface area contributed by atoms with E-state index in [1.807, 2.05) is 0 Å². The lowest BCUT2D eigenvalue weighted by molar-refractivity contribution is 0.171. The van der Waals surface area contributed by atoms with Crippen molar-refractivity contribution in [3.05, 3.63) is 47.8 Å². The number of benzene rings is 1. The molecule has 7 heteroatoms. The van der Waals surface area contributed by atoms with Crippen LogP contribution in [-0.4, -0.2) is 31.1 Å². The maximum Gasteiger partial charge on any atom is 0.161 e. The fraction of sp³-hybridized carbons (Fsp3) is 0.429. The molecular weight excluding hydrogens is 324 g/mol. The fourth-order valence-electron chi connectivity index (χ4n) is 2.42. The van der Waals surface area contributed by atoms with E-state index in [9.17, 15) is 13.2 Å². The van der Waals surface area contributed by atoms with Crippen LogP contribution in [0, 0.1) is 17.5 Å². The Kier molecular flexibility index (Phi) is 8.97. The quantitative estimate of drug-likeness (QED) is 0.665. The summed E-state index contributed by atoms with van der Waals surface area (Å²) in [5, 5.41) is 3.20. The van der Waals surface area contributed by atoms with Gasteiger partial charge in [0.05, 0.1) is 0 Å². The zero-order valence-corrected chi connectivity index (χ0v) is 13.1. The Labute approximate surface area is 135 Å². The van der Waals surface area contributed by atoms with Gasteiger partial charge in [0.25, 0.3) is 0 Å². The van der Waals surface area contributed by atoms with Gasteiger partial charge in [0.1, 0.15) is 5.82 Å². The molecule has 1 saturated heterocycles. The molecule has 1 N–H and O–H groups in total. The Morgan fingerprint density at radius 2 is 1.67 bits per heavy atom. The number of nitrogens with zero attached hydrogens (tertiary/aromatic N) is 1. The molecule has 1 heterocycles. The molecule has 0 amide bonds. The van der Waals surface area contributed by atoms with Crippen molar-refractivity contribution in [1.82, 2.24) is 10.2 Å². The Hall–Kier alpha value is -0.750. The molecule has 0 aliphatic carbocycles. The van der Waals surface area contributed by atoms with Crippen molar-refractivity contribution in [3.8, 4) is 0 Å². The van der Waals surface area contributed by atoms with E-state index < -0.39 is 17.5 Å². The second kappa shape index (κ2) is 9.30. The highest BCUT2D eigenvalue weighted by Gasteiger charge is 2.25. The summed E-state index contributed by atoms with van der Waals surface area (Å²) < 4.78 is 40.2. The highest BCUT2D eigenvalue weighted by molar-refractivity contribution is 5.85. The number of hydrogen-bond acceptors (Lipinski definition) is 2.